The van der Waals surface area contributed by atoms with Gasteiger partial charge in [0.2, 0.25) is 41.2 Å². The molecule has 2 aliphatic rings. The summed E-state index contributed by atoms with van der Waals surface area (Å²) in [5.41, 5.74) is 0. The second-order valence-electron chi connectivity index (χ2n) is 16.5. The summed E-state index contributed by atoms with van der Waals surface area (Å²) in [5.74, 6) is -10.7. The third kappa shape index (κ3) is 18.3. The van der Waals surface area contributed by atoms with Gasteiger partial charge < -0.3 is 51.8 Å². The van der Waals surface area contributed by atoms with Gasteiger partial charge in [0.05, 0.1) is 12.6 Å². The van der Waals surface area contributed by atoms with Gasteiger partial charge in [-0.25, -0.2) is 0 Å². The first-order chi connectivity index (χ1) is 29.8. The minimum Gasteiger partial charge on any atom is -0.481 e. The van der Waals surface area contributed by atoms with Gasteiger partial charge in [-0.2, -0.15) is 0 Å². The summed E-state index contributed by atoms with van der Waals surface area (Å²) in [6, 6.07) is -7.63. The van der Waals surface area contributed by atoms with E-state index in [9.17, 15) is 57.8 Å². The molecule has 354 valence electrons. The third-order valence-corrected chi connectivity index (χ3v) is 10.9. The number of rotatable bonds is 26. The molecule has 8 N–H and O–H groups in total. The monoisotopic (exact) mass is 893 g/mol. The normalized spacial score (nSPS) is 17.7. The molecule has 1 aliphatic heterocycles. The van der Waals surface area contributed by atoms with E-state index in [-0.39, 0.29) is 38.3 Å². The van der Waals surface area contributed by atoms with E-state index in [2.05, 4.69) is 31.9 Å². The van der Waals surface area contributed by atoms with Gasteiger partial charge in [0, 0.05) is 26.3 Å². The van der Waals surface area contributed by atoms with E-state index in [1.165, 1.54) is 4.90 Å². The van der Waals surface area contributed by atoms with Crippen LogP contribution in [0.3, 0.4) is 0 Å². The smallest absolute Gasteiger partial charge is 0.325 e. The van der Waals surface area contributed by atoms with E-state index in [4.69, 9.17) is 9.84 Å². The average Bonchev–Trinajstić information content (AvgIpc) is 3.24. The number of ether oxygens (including phenoxy) is 1. The van der Waals surface area contributed by atoms with Gasteiger partial charge >= 0.3 is 17.9 Å². The molecule has 0 bridgehead atoms. The Morgan fingerprint density at radius 2 is 1.25 bits per heavy atom. The highest BCUT2D eigenvalue weighted by Crippen LogP contribution is 2.29. The van der Waals surface area contributed by atoms with Crippen molar-refractivity contribution in [1.29, 1.82) is 0 Å². The van der Waals surface area contributed by atoms with Crippen molar-refractivity contribution in [2.45, 2.75) is 167 Å². The van der Waals surface area contributed by atoms with Gasteiger partial charge in [-0.3, -0.25) is 52.7 Å². The minimum atomic E-state index is -1.52. The maximum atomic E-state index is 14.7. The summed E-state index contributed by atoms with van der Waals surface area (Å²) in [4.78, 5) is 143. The van der Waals surface area contributed by atoms with Crippen molar-refractivity contribution in [1.82, 2.24) is 36.8 Å². The molecule has 0 aromatic heterocycles. The molecule has 0 aromatic carbocycles. The van der Waals surface area contributed by atoms with E-state index in [0.29, 0.717) is 38.5 Å². The molecule has 1 unspecified atom stereocenters. The van der Waals surface area contributed by atoms with E-state index < -0.39 is 133 Å². The number of hydrogen-bond acceptors (Lipinski definition) is 12. The lowest BCUT2D eigenvalue weighted by molar-refractivity contribution is -0.148. The maximum Gasteiger partial charge on any atom is 0.325 e. The van der Waals surface area contributed by atoms with Gasteiger partial charge in [0.1, 0.15) is 36.8 Å². The lowest BCUT2D eigenvalue weighted by atomic mass is 9.82. The van der Waals surface area contributed by atoms with Crippen LogP contribution >= 0.6 is 0 Å². The lowest BCUT2D eigenvalue weighted by Crippen LogP contribution is -2.63. The summed E-state index contributed by atoms with van der Waals surface area (Å²) in [7, 11) is 0. The number of carboxylic acids is 2. The minimum absolute atomic E-state index is 0.101. The standard InChI is InChI=1S/C42H67N7O14/c1-6-13-27(36(56)41(61)43-23-33(55)63-22-7-2)45-39(59)30-16-11-12-21-49(30)42(62)35(26-14-9-8-10-15-26)48-40(60)34(24(3)4)47-38(58)29(18-20-32(53)54)46-37(57)28(44-25(5)50)17-19-31(51)52/h24,26-30,34-35H,6-23H2,1-5H3,(H,43,61)(H,44,50)(H,45,59)(H,46,57)(H,47,58)(H,48,60)(H,51,52)(H,53,54)/t27?,28-,29-,30-,34-,35-/m0/s1. The molecule has 1 heterocycles. The molecule has 1 aliphatic carbocycles. The Kier molecular flexibility index (Phi) is 23.3. The first-order valence-electron chi connectivity index (χ1n) is 22.0. The number of carbonyl (C=O) groups is 11. The van der Waals surface area contributed by atoms with Crippen LogP contribution in [0, 0.1) is 11.8 Å². The Bertz CT molecular complexity index is 1650. The molecule has 2 fully saturated rings. The Hall–Kier alpha value is -5.63. The van der Waals surface area contributed by atoms with Crippen LogP contribution in [0.25, 0.3) is 0 Å². The number of likely N-dealkylation sites (tertiary alicyclic amines) is 1. The summed E-state index contributed by atoms with van der Waals surface area (Å²) < 4.78 is 4.93. The van der Waals surface area contributed by atoms with Crippen molar-refractivity contribution < 1.29 is 67.7 Å². The molecule has 1 saturated carbocycles. The fourth-order valence-corrected chi connectivity index (χ4v) is 7.61. The van der Waals surface area contributed by atoms with Crippen LogP contribution in [0.5, 0.6) is 0 Å². The van der Waals surface area contributed by atoms with Crippen LogP contribution in [0.2, 0.25) is 0 Å². The van der Waals surface area contributed by atoms with Crippen LogP contribution in [-0.2, 0) is 57.5 Å². The molecule has 0 spiro atoms. The highest BCUT2D eigenvalue weighted by molar-refractivity contribution is 6.38. The van der Waals surface area contributed by atoms with Crippen LogP contribution < -0.4 is 31.9 Å². The van der Waals surface area contributed by atoms with E-state index >= 15 is 0 Å². The van der Waals surface area contributed by atoms with Gasteiger partial charge in [0.25, 0.3) is 5.91 Å². The zero-order valence-corrected chi connectivity index (χ0v) is 37.1. The number of carboxylic acid groups (broad SMARTS) is 2. The molecule has 63 heavy (non-hydrogen) atoms. The Balaban J connectivity index is 2.35. The predicted octanol–water partition coefficient (Wildman–Crippen LogP) is 0.216. The van der Waals surface area contributed by atoms with Crippen molar-refractivity contribution in [3.8, 4) is 0 Å². The van der Waals surface area contributed by atoms with Gasteiger partial charge in [0.15, 0.2) is 0 Å². The Morgan fingerprint density at radius 1 is 0.667 bits per heavy atom. The molecule has 6 atom stereocenters. The number of ketones is 1. The SMILES string of the molecule is CCCOC(=O)CNC(=O)C(=O)C(CCC)NC(=O)[C@@H]1CCCCN1C(=O)[C@@H](NC(=O)[C@@H](NC(=O)[C@H](CCC(=O)O)NC(=O)[C@H](CCC(=O)O)NC(C)=O)C(C)C)C1CCCCC1. The Labute approximate surface area is 367 Å². The van der Waals surface area contributed by atoms with E-state index in [0.717, 1.165) is 26.2 Å². The highest BCUT2D eigenvalue weighted by atomic mass is 16.5. The van der Waals surface area contributed by atoms with Crippen LogP contribution in [-0.4, -0.2) is 136 Å². The second-order valence-corrected chi connectivity index (χ2v) is 16.5. The lowest BCUT2D eigenvalue weighted by Gasteiger charge is -2.40. The van der Waals surface area contributed by atoms with Crippen LogP contribution in [0.1, 0.15) is 131 Å². The fraction of sp³-hybridized carbons (Fsp3) is 0.738. The number of amides is 7. The first-order valence-corrected chi connectivity index (χ1v) is 22.0. The van der Waals surface area contributed by atoms with Crippen molar-refractivity contribution in [3.05, 3.63) is 0 Å². The number of nitrogens with one attached hydrogen (secondary N) is 6. The molecular formula is C42H67N7O14. The summed E-state index contributed by atoms with van der Waals surface area (Å²) in [5, 5.41) is 33.5. The number of piperidine rings is 1. The molecule has 0 aromatic rings. The van der Waals surface area contributed by atoms with Crippen molar-refractivity contribution in [3.63, 3.8) is 0 Å². The van der Waals surface area contributed by atoms with Gasteiger partial charge in [-0.1, -0.05) is 53.4 Å². The Morgan fingerprint density at radius 3 is 1.81 bits per heavy atom. The highest BCUT2D eigenvalue weighted by Gasteiger charge is 2.42. The van der Waals surface area contributed by atoms with Crippen molar-refractivity contribution >= 4 is 65.0 Å². The summed E-state index contributed by atoms with van der Waals surface area (Å²) in [6.07, 6.45) is 4.23. The molecule has 0 radical (unpaired) electrons. The summed E-state index contributed by atoms with van der Waals surface area (Å²) in [6.45, 7) is 7.70. The summed E-state index contributed by atoms with van der Waals surface area (Å²) >= 11 is 0. The number of Topliss-reactive ketones (excluding diaryl/α,β-unsaturated/α-hetero) is 1. The van der Waals surface area contributed by atoms with Gasteiger partial charge in [-0.05, 0) is 69.6 Å². The number of nitrogens with zero attached hydrogens (tertiary/aromatic N) is 1. The van der Waals surface area contributed by atoms with E-state index in [1.54, 1.807) is 27.7 Å². The third-order valence-electron chi connectivity index (χ3n) is 10.9. The largest absolute Gasteiger partial charge is 0.481 e. The molecular weight excluding hydrogens is 826 g/mol. The molecule has 7 amide bonds. The predicted molar refractivity (Wildman–Crippen MR) is 224 cm³/mol. The topological polar surface area (TPSA) is 313 Å². The molecule has 21 nitrogen and oxygen atoms in total. The van der Waals surface area contributed by atoms with Gasteiger partial charge in [-0.15, -0.1) is 0 Å². The number of hydrogen-bond donors (Lipinski definition) is 8. The zero-order chi connectivity index (χ0) is 47.2. The molecule has 21 heteroatoms. The maximum absolute atomic E-state index is 14.7. The number of carbonyl (C=O) groups excluding carboxylic acids is 9. The average molecular weight is 894 g/mol. The number of esters is 1. The van der Waals surface area contributed by atoms with E-state index in [1.807, 2.05) is 0 Å². The first kappa shape index (κ1) is 53.5. The van der Waals surface area contributed by atoms with Crippen LogP contribution in [0.4, 0.5) is 0 Å². The second kappa shape index (κ2) is 27.4. The van der Waals surface area contributed by atoms with Crippen molar-refractivity contribution in [2.75, 3.05) is 19.7 Å². The fourth-order valence-electron chi connectivity index (χ4n) is 7.61. The number of aliphatic carboxylic acids is 2. The van der Waals surface area contributed by atoms with Crippen molar-refractivity contribution in [2.24, 2.45) is 11.8 Å². The molecule has 2 rings (SSSR count). The molecule has 1 saturated heterocycles. The quantitative estimate of drug-likeness (QED) is 0.0426. The zero-order valence-electron chi connectivity index (χ0n) is 37.1. The van der Waals surface area contributed by atoms with Crippen LogP contribution in [0.15, 0.2) is 0 Å².